The maximum atomic E-state index is 15.1. The summed E-state index contributed by atoms with van der Waals surface area (Å²) >= 11 is 0. The van der Waals surface area contributed by atoms with Crippen LogP contribution in [0.25, 0.3) is 0 Å². The Bertz CT molecular complexity index is 1590. The smallest absolute Gasteiger partial charge is 0.254 e. The number of carbonyl (C=O) groups is 1. The fourth-order valence-corrected chi connectivity index (χ4v) is 5.43. The molecule has 1 amide bonds. The highest BCUT2D eigenvalue weighted by molar-refractivity contribution is 5.99. The normalized spacial score (nSPS) is 64.8. The van der Waals surface area contributed by atoms with Gasteiger partial charge in [-0.25, -0.2) is 0 Å². The Hall–Kier alpha value is -1.35. The van der Waals surface area contributed by atoms with Crippen molar-refractivity contribution in [1.29, 1.82) is 0 Å². The van der Waals surface area contributed by atoms with Gasteiger partial charge in [0, 0.05) is 46.4 Å². The molecule has 31 heavy (non-hydrogen) atoms. The van der Waals surface area contributed by atoms with E-state index in [-0.39, 0.29) is 11.1 Å². The molecular formula is C28H42N2O. The first-order valence-corrected chi connectivity index (χ1v) is 10.8. The van der Waals surface area contributed by atoms with Crippen LogP contribution < -0.4 is 0 Å². The number of hydrogen-bond donors (Lipinski definition) is 0. The van der Waals surface area contributed by atoms with Crippen LogP contribution in [0.5, 0.6) is 0 Å². The highest BCUT2D eigenvalue weighted by Crippen LogP contribution is 2.56. The van der Waals surface area contributed by atoms with Crippen molar-refractivity contribution in [2.75, 3.05) is 19.5 Å². The van der Waals surface area contributed by atoms with E-state index < -0.39 is 95.4 Å². The molecule has 0 spiro atoms. The Morgan fingerprint density at radius 1 is 1.16 bits per heavy atom. The number of amides is 1. The van der Waals surface area contributed by atoms with Gasteiger partial charge < -0.3 is 4.90 Å². The minimum Gasteiger partial charge on any atom is -0.330 e. The first-order valence-electron chi connectivity index (χ1n) is 18.3. The zero-order valence-electron chi connectivity index (χ0n) is 34.8. The monoisotopic (exact) mass is 437 g/mol. The molecule has 1 aliphatic carbocycles. The lowest BCUT2D eigenvalue weighted by Crippen LogP contribution is -2.79. The van der Waals surface area contributed by atoms with Crippen molar-refractivity contribution in [3.8, 4) is 0 Å². The predicted molar refractivity (Wildman–Crippen MR) is 128 cm³/mol. The third-order valence-electron chi connectivity index (χ3n) is 8.15. The molecule has 3 heteroatoms. The van der Waals surface area contributed by atoms with Crippen LogP contribution in [0.4, 0.5) is 0 Å². The maximum absolute atomic E-state index is 15.1. The third kappa shape index (κ3) is 2.48. The number of benzene rings is 1. The van der Waals surface area contributed by atoms with Crippen molar-refractivity contribution in [3.63, 3.8) is 0 Å². The van der Waals surface area contributed by atoms with E-state index in [9.17, 15) is 11.0 Å². The van der Waals surface area contributed by atoms with Gasteiger partial charge in [-0.05, 0) is 105 Å². The van der Waals surface area contributed by atoms with Gasteiger partial charge in [0.05, 0.1) is 9.65 Å². The summed E-state index contributed by atoms with van der Waals surface area (Å²) in [5.74, 6) is -12.9. The standard InChI is InChI=1S/C28H42N2O/c1-16-12-21-23-20(13-18(3)26(5,6)24(23)19(16)4)15-30(25(21)31)28(9)22-10-11-29(14-17(22)2)27(28,7)8/h12,17-18,20,22H,10-11,13-15H2,1-9H3/t17?,18?,20-,22?,28+/m1/s1/i10D2,11D2,12D,13D2,14D2,15D2,17D,18D,20D,22D. The topological polar surface area (TPSA) is 23.6 Å². The molecule has 0 radical (unpaired) electrons. The molecule has 0 aromatic heterocycles. The van der Waals surface area contributed by atoms with Crippen molar-refractivity contribution in [3.05, 3.63) is 33.9 Å². The fraction of sp³-hybridized carbons (Fsp3) is 0.750. The van der Waals surface area contributed by atoms with Gasteiger partial charge in [-0.2, -0.15) is 0 Å². The maximum Gasteiger partial charge on any atom is 0.254 e. The minimum absolute atomic E-state index is 0.169. The quantitative estimate of drug-likeness (QED) is 0.565. The highest BCUT2D eigenvalue weighted by Gasteiger charge is 2.63. The second-order valence-corrected chi connectivity index (χ2v) is 10.3. The zero-order chi connectivity index (χ0) is 36.2. The fourth-order valence-electron chi connectivity index (χ4n) is 5.43. The Kier molecular flexibility index (Phi) is 2.11. The lowest BCUT2D eigenvalue weighted by atomic mass is 9.56. The van der Waals surface area contributed by atoms with Gasteiger partial charge >= 0.3 is 0 Å². The molecule has 1 aromatic rings. The van der Waals surface area contributed by atoms with E-state index in [2.05, 4.69) is 0 Å². The van der Waals surface area contributed by atoms with Gasteiger partial charge in [-0.15, -0.1) is 0 Å². The van der Waals surface area contributed by atoms with Crippen LogP contribution >= 0.6 is 0 Å². The van der Waals surface area contributed by atoms with E-state index in [0.717, 1.165) is 13.8 Å². The van der Waals surface area contributed by atoms with Crippen LogP contribution in [0.3, 0.4) is 0 Å². The second kappa shape index (κ2) is 6.37. The number of piperidine rings is 3. The number of carbonyl (C=O) groups excluding carboxylic acids is 1. The predicted octanol–water partition coefficient (Wildman–Crippen LogP) is 5.67. The van der Waals surface area contributed by atoms with Crippen LogP contribution in [0, 0.1) is 31.5 Å². The summed E-state index contributed by atoms with van der Waals surface area (Å²) < 4.78 is 139. The summed E-state index contributed by atoms with van der Waals surface area (Å²) in [7, 11) is 0. The van der Waals surface area contributed by atoms with Crippen molar-refractivity contribution in [2.24, 2.45) is 17.7 Å². The summed E-state index contributed by atoms with van der Waals surface area (Å²) in [5, 5.41) is 0. The first-order chi connectivity index (χ1) is 20.0. The molecule has 3 fully saturated rings. The lowest BCUT2D eigenvalue weighted by molar-refractivity contribution is -0.161. The minimum atomic E-state index is -3.54. The van der Waals surface area contributed by atoms with Crippen molar-refractivity contribution in [1.82, 2.24) is 9.80 Å². The van der Waals surface area contributed by atoms with Crippen molar-refractivity contribution < 1.29 is 25.4 Å². The van der Waals surface area contributed by atoms with E-state index in [4.69, 9.17) is 9.60 Å². The molecule has 4 aliphatic heterocycles. The molecule has 3 saturated heterocycles. The summed E-state index contributed by atoms with van der Waals surface area (Å²) in [6, 6.07) is -0.442. The van der Waals surface area contributed by atoms with E-state index in [1.165, 1.54) is 27.7 Å². The molecule has 4 heterocycles. The van der Waals surface area contributed by atoms with E-state index in [1.54, 1.807) is 20.8 Å². The summed E-state index contributed by atoms with van der Waals surface area (Å²) in [4.78, 5) is 15.9. The average molecular weight is 438 g/mol. The Morgan fingerprint density at radius 3 is 2.52 bits per heavy atom. The largest absolute Gasteiger partial charge is 0.330 e. The molecule has 1 aromatic carbocycles. The van der Waals surface area contributed by atoms with E-state index in [0.29, 0.717) is 15.4 Å². The van der Waals surface area contributed by atoms with Crippen LogP contribution in [0.1, 0.15) is 120 Å². The van der Waals surface area contributed by atoms with Crippen molar-refractivity contribution >= 4 is 5.91 Å². The number of nitrogens with zero attached hydrogens (tertiary/aromatic N) is 2. The number of rotatable bonds is 1. The number of fused-ring (bicyclic) bond motifs is 3. The lowest BCUT2D eigenvalue weighted by Gasteiger charge is -2.69. The van der Waals surface area contributed by atoms with E-state index in [1.807, 2.05) is 0 Å². The summed E-state index contributed by atoms with van der Waals surface area (Å²) in [6.07, 6.45) is -6.59. The SMILES string of the molecule is [2H]c1c(C)c(C)c2c3c1C(=O)N([C@]1(C)C(C)(C)N4C([2H])([2H])C([2H])([2H])C1([2H])C([2H])(C)C4([2H])[2H])C([2H])([2H])[C@@]3([2H])C([2H])([2H])C([2H])(C)C2(C)C. The summed E-state index contributed by atoms with van der Waals surface area (Å²) in [5.41, 5.74) is -6.48. The summed E-state index contributed by atoms with van der Waals surface area (Å²) in [6.45, 7) is 2.05. The molecule has 6 rings (SSSR count). The Balaban J connectivity index is 2.06. The second-order valence-electron chi connectivity index (χ2n) is 10.3. The van der Waals surface area contributed by atoms with Gasteiger partial charge in [-0.3, -0.25) is 9.69 Å². The molecule has 0 saturated carbocycles. The molecule has 6 atom stereocenters. The third-order valence-corrected chi connectivity index (χ3v) is 8.15. The van der Waals surface area contributed by atoms with Crippen LogP contribution in [-0.4, -0.2) is 46.3 Å². The Labute approximate surface area is 210 Å². The van der Waals surface area contributed by atoms with Gasteiger partial charge in [0.15, 0.2) is 0 Å². The van der Waals surface area contributed by atoms with Gasteiger partial charge in [0.25, 0.3) is 5.91 Å². The van der Waals surface area contributed by atoms with Gasteiger partial charge in [0.2, 0.25) is 0 Å². The molecule has 5 aliphatic rings. The molecule has 170 valence electrons. The zero-order valence-corrected chi connectivity index (χ0v) is 19.8. The molecule has 0 N–H and O–H groups in total. The Morgan fingerprint density at radius 2 is 1.84 bits per heavy atom. The highest BCUT2D eigenvalue weighted by atomic mass is 16.2. The average Bonchev–Trinajstić information content (AvgIpc) is 2.85. The molecular weight excluding hydrogens is 380 g/mol. The first kappa shape index (κ1) is 10.3. The molecule has 4 unspecified atom stereocenters. The van der Waals surface area contributed by atoms with Gasteiger partial charge in [-0.1, -0.05) is 27.7 Å². The van der Waals surface area contributed by atoms with Crippen molar-refractivity contribution in [2.45, 2.75) is 97.4 Å². The van der Waals surface area contributed by atoms with Crippen LogP contribution in [-0.2, 0) is 5.41 Å². The van der Waals surface area contributed by atoms with Gasteiger partial charge in [0.1, 0.15) is 0 Å². The van der Waals surface area contributed by atoms with E-state index >= 15 is 4.79 Å². The molecule has 3 nitrogen and oxygen atoms in total. The van der Waals surface area contributed by atoms with Crippen LogP contribution in [0.2, 0.25) is 0 Å². The molecule has 2 bridgehead atoms. The number of hydrogen-bond acceptors (Lipinski definition) is 2. The van der Waals surface area contributed by atoms with Crippen LogP contribution in [0.15, 0.2) is 6.04 Å².